The molecule has 5 nitrogen and oxygen atoms in total. The van der Waals surface area contributed by atoms with E-state index in [0.717, 1.165) is 52.1 Å². The van der Waals surface area contributed by atoms with Crippen LogP contribution in [0.25, 0.3) is 0 Å². The summed E-state index contributed by atoms with van der Waals surface area (Å²) in [6.45, 7) is 8.06. The summed E-state index contributed by atoms with van der Waals surface area (Å²) in [5.41, 5.74) is -0.406. The van der Waals surface area contributed by atoms with Gasteiger partial charge in [-0.3, -0.25) is 4.90 Å². The molecule has 104 valence electrons. The Bertz CT molecular complexity index is 290. The molecular formula is C13H25N3O2. The normalized spacial score (nSPS) is 31.2. The third-order valence-electron chi connectivity index (χ3n) is 4.04. The fraction of sp³-hybridized carbons (Fsp3) is 0.923. The van der Waals surface area contributed by atoms with Gasteiger partial charge in [0.15, 0.2) is 0 Å². The predicted molar refractivity (Wildman–Crippen MR) is 70.5 cm³/mol. The summed E-state index contributed by atoms with van der Waals surface area (Å²) < 4.78 is 5.34. The summed E-state index contributed by atoms with van der Waals surface area (Å²) in [4.78, 5) is 17.0. The number of likely N-dealkylation sites (tertiary alicyclic amines) is 1. The first kappa shape index (κ1) is 13.8. The highest BCUT2D eigenvalue weighted by Crippen LogP contribution is 2.29. The van der Waals surface area contributed by atoms with Crippen molar-refractivity contribution in [3.8, 4) is 0 Å². The van der Waals surface area contributed by atoms with Gasteiger partial charge >= 0.3 is 5.97 Å². The molecule has 0 saturated carbocycles. The molecular weight excluding hydrogens is 230 g/mol. The van der Waals surface area contributed by atoms with Crippen molar-refractivity contribution in [2.45, 2.75) is 25.3 Å². The van der Waals surface area contributed by atoms with E-state index in [-0.39, 0.29) is 5.97 Å². The molecule has 0 spiro atoms. The van der Waals surface area contributed by atoms with Crippen molar-refractivity contribution in [2.24, 2.45) is 0 Å². The lowest BCUT2D eigenvalue weighted by Crippen LogP contribution is -2.57. The number of carbonyl (C=O) groups excluding carboxylic acids is 1. The largest absolute Gasteiger partial charge is 0.465 e. The minimum absolute atomic E-state index is 0.0312. The maximum Gasteiger partial charge on any atom is 0.327 e. The lowest BCUT2D eigenvalue weighted by molar-refractivity contribution is -0.157. The van der Waals surface area contributed by atoms with Gasteiger partial charge in [-0.2, -0.15) is 0 Å². The Morgan fingerprint density at radius 3 is 2.83 bits per heavy atom. The van der Waals surface area contributed by atoms with Gasteiger partial charge < -0.3 is 15.0 Å². The minimum Gasteiger partial charge on any atom is -0.465 e. The van der Waals surface area contributed by atoms with E-state index in [4.69, 9.17) is 4.74 Å². The van der Waals surface area contributed by atoms with Gasteiger partial charge in [-0.15, -0.1) is 0 Å². The van der Waals surface area contributed by atoms with E-state index in [0.29, 0.717) is 6.61 Å². The molecule has 0 aliphatic carbocycles. The molecule has 2 saturated heterocycles. The fourth-order valence-corrected chi connectivity index (χ4v) is 3.07. The van der Waals surface area contributed by atoms with Crippen LogP contribution >= 0.6 is 0 Å². The van der Waals surface area contributed by atoms with Gasteiger partial charge in [0.05, 0.1) is 6.61 Å². The van der Waals surface area contributed by atoms with E-state index in [1.807, 2.05) is 6.92 Å². The van der Waals surface area contributed by atoms with Crippen LogP contribution in [-0.2, 0) is 9.53 Å². The Balaban J connectivity index is 2.15. The fourth-order valence-electron chi connectivity index (χ4n) is 3.07. The second kappa shape index (κ2) is 5.99. The molecule has 5 heteroatoms. The van der Waals surface area contributed by atoms with Crippen LogP contribution in [0.15, 0.2) is 0 Å². The number of rotatable bonds is 3. The Morgan fingerprint density at radius 2 is 2.17 bits per heavy atom. The van der Waals surface area contributed by atoms with Crippen LogP contribution in [0.5, 0.6) is 0 Å². The molecule has 0 aromatic carbocycles. The number of esters is 1. The summed E-state index contributed by atoms with van der Waals surface area (Å²) in [6.07, 6.45) is 1.99. The van der Waals surface area contributed by atoms with Crippen LogP contribution in [0.3, 0.4) is 0 Å². The average molecular weight is 255 g/mol. The molecule has 0 aromatic rings. The number of carbonyl (C=O) groups is 1. The molecule has 1 atom stereocenters. The molecule has 2 heterocycles. The lowest BCUT2D eigenvalue weighted by Gasteiger charge is -2.38. The Kier molecular flexibility index (Phi) is 4.59. The number of ether oxygens (including phenoxy) is 1. The van der Waals surface area contributed by atoms with Gasteiger partial charge in [-0.1, -0.05) is 0 Å². The van der Waals surface area contributed by atoms with Gasteiger partial charge in [-0.05, 0) is 33.4 Å². The van der Waals surface area contributed by atoms with Crippen molar-refractivity contribution >= 4 is 5.97 Å². The zero-order valence-corrected chi connectivity index (χ0v) is 11.6. The minimum atomic E-state index is -0.406. The molecule has 0 radical (unpaired) electrons. The van der Waals surface area contributed by atoms with Gasteiger partial charge in [-0.25, -0.2) is 4.79 Å². The van der Waals surface area contributed by atoms with Crippen LogP contribution in [0.4, 0.5) is 0 Å². The molecule has 1 unspecified atom stereocenters. The molecule has 0 amide bonds. The molecule has 2 aliphatic heterocycles. The molecule has 2 aliphatic rings. The molecule has 2 fully saturated rings. The first-order valence-corrected chi connectivity index (χ1v) is 7.00. The Labute approximate surface area is 109 Å². The predicted octanol–water partition coefficient (Wildman–Crippen LogP) is -0.0809. The highest BCUT2D eigenvalue weighted by Gasteiger charge is 2.49. The number of hydrogen-bond acceptors (Lipinski definition) is 5. The van der Waals surface area contributed by atoms with Crippen LogP contribution in [0.1, 0.15) is 19.8 Å². The molecule has 0 bridgehead atoms. The van der Waals surface area contributed by atoms with Crippen molar-refractivity contribution in [1.82, 2.24) is 15.1 Å². The Hall–Kier alpha value is -0.650. The van der Waals surface area contributed by atoms with E-state index in [2.05, 4.69) is 22.2 Å². The van der Waals surface area contributed by atoms with Crippen molar-refractivity contribution in [2.75, 3.05) is 52.9 Å². The lowest BCUT2D eigenvalue weighted by atomic mass is 9.95. The van der Waals surface area contributed by atoms with E-state index in [9.17, 15) is 4.79 Å². The molecule has 0 aromatic heterocycles. The van der Waals surface area contributed by atoms with Crippen LogP contribution in [-0.4, -0.2) is 74.2 Å². The summed E-state index contributed by atoms with van der Waals surface area (Å²) in [5.74, 6) is -0.0312. The summed E-state index contributed by atoms with van der Waals surface area (Å²) >= 11 is 0. The molecule has 1 N–H and O–H groups in total. The van der Waals surface area contributed by atoms with E-state index in [1.165, 1.54) is 0 Å². The van der Waals surface area contributed by atoms with Gasteiger partial charge in [0.1, 0.15) is 5.54 Å². The first-order valence-electron chi connectivity index (χ1n) is 7.00. The van der Waals surface area contributed by atoms with E-state index >= 15 is 0 Å². The van der Waals surface area contributed by atoms with Gasteiger partial charge in [0, 0.05) is 32.7 Å². The zero-order valence-electron chi connectivity index (χ0n) is 11.6. The summed E-state index contributed by atoms with van der Waals surface area (Å²) in [7, 11) is 2.08. The van der Waals surface area contributed by atoms with Crippen LogP contribution < -0.4 is 5.32 Å². The molecule has 2 rings (SSSR count). The van der Waals surface area contributed by atoms with E-state index < -0.39 is 5.54 Å². The number of hydrogen-bond donors (Lipinski definition) is 1. The van der Waals surface area contributed by atoms with Crippen molar-refractivity contribution in [3.63, 3.8) is 0 Å². The van der Waals surface area contributed by atoms with Crippen LogP contribution in [0, 0.1) is 0 Å². The second-order valence-corrected chi connectivity index (χ2v) is 5.33. The van der Waals surface area contributed by atoms with Crippen molar-refractivity contribution in [3.05, 3.63) is 0 Å². The van der Waals surface area contributed by atoms with E-state index in [1.54, 1.807) is 0 Å². The Morgan fingerprint density at radius 1 is 1.33 bits per heavy atom. The SMILES string of the molecule is CCOC(=O)C1(N2CCCNCC2)CCN(C)C1. The maximum absolute atomic E-state index is 12.4. The topological polar surface area (TPSA) is 44.8 Å². The second-order valence-electron chi connectivity index (χ2n) is 5.33. The van der Waals surface area contributed by atoms with Crippen LogP contribution in [0.2, 0.25) is 0 Å². The third-order valence-corrected chi connectivity index (χ3v) is 4.04. The highest BCUT2D eigenvalue weighted by atomic mass is 16.5. The van der Waals surface area contributed by atoms with Crippen molar-refractivity contribution < 1.29 is 9.53 Å². The summed E-state index contributed by atoms with van der Waals surface area (Å²) in [5, 5.41) is 3.39. The monoisotopic (exact) mass is 255 g/mol. The number of nitrogens with zero attached hydrogens (tertiary/aromatic N) is 2. The maximum atomic E-state index is 12.4. The summed E-state index contributed by atoms with van der Waals surface area (Å²) in [6, 6.07) is 0. The van der Waals surface area contributed by atoms with Crippen molar-refractivity contribution in [1.29, 1.82) is 0 Å². The zero-order chi connectivity index (χ0) is 13.0. The highest BCUT2D eigenvalue weighted by molar-refractivity contribution is 5.81. The van der Waals surface area contributed by atoms with Gasteiger partial charge in [0.25, 0.3) is 0 Å². The number of nitrogens with one attached hydrogen (secondary N) is 1. The standard InChI is InChI=1S/C13H25N3O2/c1-3-18-12(17)13(5-9-15(2)11-13)16-8-4-6-14-7-10-16/h14H,3-11H2,1-2H3. The van der Waals surface area contributed by atoms with Gasteiger partial charge in [0.2, 0.25) is 0 Å². The quantitative estimate of drug-likeness (QED) is 0.715. The number of likely N-dealkylation sites (N-methyl/N-ethyl adjacent to an activating group) is 1. The third kappa shape index (κ3) is 2.68. The smallest absolute Gasteiger partial charge is 0.327 e. The first-order chi connectivity index (χ1) is 8.69. The molecule has 18 heavy (non-hydrogen) atoms. The average Bonchev–Trinajstić information content (AvgIpc) is 2.59.